The summed E-state index contributed by atoms with van der Waals surface area (Å²) < 4.78 is 25.9. The van der Waals surface area contributed by atoms with Gasteiger partial charge in [-0.05, 0) is 24.6 Å². The van der Waals surface area contributed by atoms with E-state index in [0.717, 1.165) is 0 Å². The van der Waals surface area contributed by atoms with Crippen molar-refractivity contribution in [1.29, 1.82) is 0 Å². The fraction of sp³-hybridized carbons (Fsp3) is 0.400. The molecule has 1 unspecified atom stereocenters. The number of aliphatic hydroxyl groups excluding tert-OH is 2. The van der Waals surface area contributed by atoms with Gasteiger partial charge in [0.25, 0.3) is 0 Å². The minimum absolute atomic E-state index is 0.0649. The lowest BCUT2D eigenvalue weighted by Crippen LogP contribution is -2.34. The zero-order chi connectivity index (χ0) is 13.1. The van der Waals surface area contributed by atoms with Gasteiger partial charge in [-0.1, -0.05) is 17.7 Å². The second-order valence-electron chi connectivity index (χ2n) is 3.55. The summed E-state index contributed by atoms with van der Waals surface area (Å²) in [6.45, 7) is 0.848. The zero-order valence-corrected chi connectivity index (χ0v) is 10.8. The van der Waals surface area contributed by atoms with Crippen molar-refractivity contribution in [2.45, 2.75) is 17.9 Å². The fourth-order valence-corrected chi connectivity index (χ4v) is 2.80. The lowest BCUT2D eigenvalue weighted by atomic mass is 10.2. The minimum atomic E-state index is -3.72. The van der Waals surface area contributed by atoms with Crippen molar-refractivity contribution in [3.05, 3.63) is 28.8 Å². The highest BCUT2D eigenvalue weighted by Crippen LogP contribution is 2.22. The van der Waals surface area contributed by atoms with Crippen LogP contribution in [0.2, 0.25) is 5.02 Å². The molecule has 0 aliphatic heterocycles. The summed E-state index contributed by atoms with van der Waals surface area (Å²) in [6.07, 6.45) is -1.12. The molecule has 0 heterocycles. The lowest BCUT2D eigenvalue weighted by Gasteiger charge is -2.12. The maximum atomic E-state index is 11.9. The average molecular weight is 280 g/mol. The molecule has 7 heteroatoms. The number of hydrogen-bond acceptors (Lipinski definition) is 4. The Balaban J connectivity index is 2.94. The van der Waals surface area contributed by atoms with E-state index in [1.54, 1.807) is 13.0 Å². The van der Waals surface area contributed by atoms with Crippen LogP contribution in [-0.4, -0.2) is 37.9 Å². The van der Waals surface area contributed by atoms with Crippen LogP contribution in [0.1, 0.15) is 5.56 Å². The van der Waals surface area contributed by atoms with Crippen LogP contribution in [0.15, 0.2) is 23.1 Å². The molecule has 1 aromatic rings. The molecule has 5 nitrogen and oxygen atoms in total. The molecule has 0 radical (unpaired) electrons. The highest BCUT2D eigenvalue weighted by atomic mass is 35.5. The molecular weight excluding hydrogens is 266 g/mol. The first-order valence-corrected chi connectivity index (χ1v) is 6.78. The van der Waals surface area contributed by atoms with Crippen LogP contribution in [0.4, 0.5) is 0 Å². The van der Waals surface area contributed by atoms with Crippen LogP contribution in [-0.2, 0) is 10.0 Å². The molecule has 96 valence electrons. The van der Waals surface area contributed by atoms with E-state index in [-0.39, 0.29) is 11.4 Å². The Bertz CT molecular complexity index is 489. The smallest absolute Gasteiger partial charge is 0.240 e. The first-order chi connectivity index (χ1) is 7.88. The van der Waals surface area contributed by atoms with Gasteiger partial charge in [-0.25, -0.2) is 13.1 Å². The van der Waals surface area contributed by atoms with Gasteiger partial charge in [0.1, 0.15) is 0 Å². The third-order valence-electron chi connectivity index (χ3n) is 2.23. The molecular formula is C10H14ClNO4S. The molecule has 1 atom stereocenters. The highest BCUT2D eigenvalue weighted by molar-refractivity contribution is 7.89. The second kappa shape index (κ2) is 5.79. The van der Waals surface area contributed by atoms with Crippen LogP contribution in [0.25, 0.3) is 0 Å². The molecule has 0 spiro atoms. The average Bonchev–Trinajstić information content (AvgIpc) is 2.29. The maximum Gasteiger partial charge on any atom is 0.240 e. The zero-order valence-electron chi connectivity index (χ0n) is 9.22. The standard InChI is InChI=1S/C10H14ClNO4S/c1-7-9(11)3-2-4-10(7)17(15,16)12-5-8(14)6-13/h2-4,8,12-14H,5-6H2,1H3. The second-order valence-corrected chi connectivity index (χ2v) is 5.69. The van der Waals surface area contributed by atoms with Crippen LogP contribution in [0.5, 0.6) is 0 Å². The van der Waals surface area contributed by atoms with Crippen LogP contribution in [0.3, 0.4) is 0 Å². The number of sulfonamides is 1. The molecule has 0 amide bonds. The van der Waals surface area contributed by atoms with E-state index in [2.05, 4.69) is 4.72 Å². The van der Waals surface area contributed by atoms with Gasteiger partial charge in [0.15, 0.2) is 0 Å². The summed E-state index contributed by atoms with van der Waals surface area (Å²) in [4.78, 5) is 0.0649. The number of halogens is 1. The van der Waals surface area contributed by atoms with Gasteiger partial charge in [-0.15, -0.1) is 0 Å². The lowest BCUT2D eigenvalue weighted by molar-refractivity contribution is 0.0988. The van der Waals surface area contributed by atoms with E-state index in [0.29, 0.717) is 10.6 Å². The molecule has 0 bridgehead atoms. The van der Waals surface area contributed by atoms with Gasteiger partial charge < -0.3 is 10.2 Å². The van der Waals surface area contributed by atoms with Crippen molar-refractivity contribution in [3.8, 4) is 0 Å². The third kappa shape index (κ3) is 3.65. The highest BCUT2D eigenvalue weighted by Gasteiger charge is 2.18. The van der Waals surface area contributed by atoms with E-state index in [1.807, 2.05) is 0 Å². The number of aliphatic hydroxyl groups is 2. The van der Waals surface area contributed by atoms with Gasteiger partial charge in [-0.2, -0.15) is 0 Å². The predicted octanol–water partition coefficient (Wildman–Crippen LogP) is 0.280. The monoisotopic (exact) mass is 279 g/mol. The minimum Gasteiger partial charge on any atom is -0.394 e. The Morgan fingerprint density at radius 2 is 2.12 bits per heavy atom. The van der Waals surface area contributed by atoms with E-state index >= 15 is 0 Å². The first-order valence-electron chi connectivity index (χ1n) is 4.92. The van der Waals surface area contributed by atoms with Crippen molar-refractivity contribution in [2.24, 2.45) is 0 Å². The summed E-state index contributed by atoms with van der Waals surface area (Å²) in [5, 5.41) is 18.0. The molecule has 0 aliphatic carbocycles. The summed E-state index contributed by atoms with van der Waals surface area (Å²) in [5.74, 6) is 0. The number of hydrogen-bond donors (Lipinski definition) is 3. The summed E-state index contributed by atoms with van der Waals surface area (Å²) in [7, 11) is -3.72. The topological polar surface area (TPSA) is 86.6 Å². The van der Waals surface area contributed by atoms with Crippen molar-refractivity contribution >= 4 is 21.6 Å². The van der Waals surface area contributed by atoms with Gasteiger partial charge >= 0.3 is 0 Å². The molecule has 3 N–H and O–H groups in total. The summed E-state index contributed by atoms with van der Waals surface area (Å²) >= 11 is 5.83. The van der Waals surface area contributed by atoms with E-state index in [9.17, 15) is 8.42 Å². The Hall–Kier alpha value is -0.660. The van der Waals surface area contributed by atoms with E-state index in [4.69, 9.17) is 21.8 Å². The summed E-state index contributed by atoms with van der Waals surface area (Å²) in [6, 6.07) is 4.56. The third-order valence-corrected chi connectivity index (χ3v) is 4.20. The predicted molar refractivity (Wildman–Crippen MR) is 64.5 cm³/mol. The maximum absolute atomic E-state index is 11.9. The Labute approximate surface area is 105 Å². The number of benzene rings is 1. The Morgan fingerprint density at radius 1 is 1.47 bits per heavy atom. The SMILES string of the molecule is Cc1c(Cl)cccc1S(=O)(=O)NCC(O)CO. The molecule has 1 aromatic carbocycles. The number of nitrogens with one attached hydrogen (secondary N) is 1. The van der Waals surface area contributed by atoms with Crippen LogP contribution in [0, 0.1) is 6.92 Å². The van der Waals surface area contributed by atoms with Crippen molar-refractivity contribution in [2.75, 3.05) is 13.2 Å². The molecule has 0 fully saturated rings. The van der Waals surface area contributed by atoms with Crippen LogP contribution >= 0.6 is 11.6 Å². The quantitative estimate of drug-likeness (QED) is 0.723. The molecule has 0 aliphatic rings. The normalized spacial score (nSPS) is 13.6. The van der Waals surface area contributed by atoms with E-state index in [1.165, 1.54) is 12.1 Å². The molecule has 0 aromatic heterocycles. The fourth-order valence-electron chi connectivity index (χ4n) is 1.23. The molecule has 0 saturated carbocycles. The largest absolute Gasteiger partial charge is 0.394 e. The Morgan fingerprint density at radius 3 is 2.71 bits per heavy atom. The van der Waals surface area contributed by atoms with Crippen molar-refractivity contribution in [3.63, 3.8) is 0 Å². The molecule has 1 rings (SSSR count). The number of rotatable bonds is 5. The van der Waals surface area contributed by atoms with Gasteiger partial charge in [0.2, 0.25) is 10.0 Å². The van der Waals surface area contributed by atoms with Gasteiger partial charge in [0, 0.05) is 11.6 Å². The summed E-state index contributed by atoms with van der Waals surface area (Å²) in [5.41, 5.74) is 0.445. The van der Waals surface area contributed by atoms with Crippen molar-refractivity contribution < 1.29 is 18.6 Å². The Kier molecular flexibility index (Phi) is 4.91. The van der Waals surface area contributed by atoms with Crippen LogP contribution < -0.4 is 4.72 Å². The van der Waals surface area contributed by atoms with E-state index < -0.39 is 22.7 Å². The van der Waals surface area contributed by atoms with Crippen molar-refractivity contribution in [1.82, 2.24) is 4.72 Å². The van der Waals surface area contributed by atoms with Gasteiger partial charge in [-0.3, -0.25) is 0 Å². The molecule has 17 heavy (non-hydrogen) atoms. The van der Waals surface area contributed by atoms with Gasteiger partial charge in [0.05, 0.1) is 17.6 Å². The first kappa shape index (κ1) is 14.4. The molecule has 0 saturated heterocycles.